The maximum absolute atomic E-state index is 5.93. The Labute approximate surface area is 183 Å². The van der Waals surface area contributed by atoms with Crippen molar-refractivity contribution in [2.24, 2.45) is 0 Å². The number of hydrogen-bond acceptors (Lipinski definition) is 8. The van der Waals surface area contributed by atoms with Gasteiger partial charge in [0.25, 0.3) is 5.89 Å². The van der Waals surface area contributed by atoms with Crippen LogP contribution in [0.4, 0.5) is 0 Å². The van der Waals surface area contributed by atoms with Gasteiger partial charge in [0.05, 0.1) is 18.5 Å². The van der Waals surface area contributed by atoms with Gasteiger partial charge in [-0.2, -0.15) is 0 Å². The Hall–Kier alpha value is -2.68. The van der Waals surface area contributed by atoms with Crippen LogP contribution >= 0.6 is 22.7 Å². The standard InChI is InChI=1S/C22H23N3O3S2/c1-3-25(14-21-23-24-22(28-21)20-7-5-11-30-20)13-16-8-9-18(19(12-16)26-2)27-15-17-6-4-10-29-17/h4-12H,3,13-15H2,1-2H3. The smallest absolute Gasteiger partial charge is 0.257 e. The first-order valence-electron chi connectivity index (χ1n) is 9.66. The van der Waals surface area contributed by atoms with Gasteiger partial charge in [-0.1, -0.05) is 25.1 Å². The van der Waals surface area contributed by atoms with E-state index in [9.17, 15) is 0 Å². The molecule has 0 spiro atoms. The van der Waals surface area contributed by atoms with E-state index in [2.05, 4.69) is 34.2 Å². The highest BCUT2D eigenvalue weighted by Crippen LogP contribution is 2.30. The molecule has 0 unspecified atom stereocenters. The summed E-state index contributed by atoms with van der Waals surface area (Å²) < 4.78 is 17.3. The second kappa shape index (κ2) is 9.88. The Balaban J connectivity index is 1.40. The number of thiophene rings is 2. The van der Waals surface area contributed by atoms with E-state index < -0.39 is 0 Å². The highest BCUT2D eigenvalue weighted by atomic mass is 32.1. The fourth-order valence-electron chi connectivity index (χ4n) is 3.02. The topological polar surface area (TPSA) is 60.6 Å². The lowest BCUT2D eigenvalue weighted by Gasteiger charge is -2.19. The number of benzene rings is 1. The van der Waals surface area contributed by atoms with Crippen LogP contribution in [0, 0.1) is 0 Å². The van der Waals surface area contributed by atoms with Gasteiger partial charge in [0, 0.05) is 11.4 Å². The molecule has 0 amide bonds. The second-order valence-electron chi connectivity index (χ2n) is 6.63. The molecule has 8 heteroatoms. The van der Waals surface area contributed by atoms with E-state index in [4.69, 9.17) is 13.9 Å². The maximum Gasteiger partial charge on any atom is 0.257 e. The zero-order chi connectivity index (χ0) is 20.8. The van der Waals surface area contributed by atoms with Crippen molar-refractivity contribution in [3.63, 3.8) is 0 Å². The molecule has 0 radical (unpaired) electrons. The molecule has 0 bridgehead atoms. The quantitative estimate of drug-likeness (QED) is 0.325. The van der Waals surface area contributed by atoms with Crippen LogP contribution in [0.25, 0.3) is 10.8 Å². The highest BCUT2D eigenvalue weighted by molar-refractivity contribution is 7.13. The number of aromatic nitrogens is 2. The van der Waals surface area contributed by atoms with Gasteiger partial charge in [-0.25, -0.2) is 0 Å². The van der Waals surface area contributed by atoms with Crippen molar-refractivity contribution in [1.29, 1.82) is 0 Å². The molecule has 0 N–H and O–H groups in total. The van der Waals surface area contributed by atoms with Gasteiger partial charge >= 0.3 is 0 Å². The first kappa shape index (κ1) is 20.6. The van der Waals surface area contributed by atoms with E-state index >= 15 is 0 Å². The third kappa shape index (κ3) is 5.08. The number of methoxy groups -OCH3 is 1. The number of nitrogens with zero attached hydrogens (tertiary/aromatic N) is 3. The van der Waals surface area contributed by atoms with Crippen LogP contribution in [-0.4, -0.2) is 28.8 Å². The average molecular weight is 442 g/mol. The van der Waals surface area contributed by atoms with Crippen LogP contribution in [0.3, 0.4) is 0 Å². The SMILES string of the molecule is CCN(Cc1ccc(OCc2cccs2)c(OC)c1)Cc1nnc(-c2cccs2)o1. The zero-order valence-corrected chi connectivity index (χ0v) is 18.5. The molecule has 0 aliphatic carbocycles. The van der Waals surface area contributed by atoms with Gasteiger partial charge in [-0.15, -0.1) is 32.9 Å². The second-order valence-corrected chi connectivity index (χ2v) is 8.61. The molecule has 0 aliphatic heterocycles. The monoisotopic (exact) mass is 441 g/mol. The summed E-state index contributed by atoms with van der Waals surface area (Å²) >= 11 is 3.27. The van der Waals surface area contributed by atoms with Crippen LogP contribution in [0.1, 0.15) is 23.3 Å². The first-order valence-corrected chi connectivity index (χ1v) is 11.4. The van der Waals surface area contributed by atoms with Gasteiger partial charge < -0.3 is 13.9 Å². The summed E-state index contributed by atoms with van der Waals surface area (Å²) in [5.41, 5.74) is 1.13. The molecule has 3 heterocycles. The fraction of sp³-hybridized carbons (Fsp3) is 0.273. The van der Waals surface area contributed by atoms with E-state index in [1.54, 1.807) is 29.8 Å². The van der Waals surface area contributed by atoms with Gasteiger partial charge in [0.2, 0.25) is 5.89 Å². The van der Waals surface area contributed by atoms with Crippen molar-refractivity contribution < 1.29 is 13.9 Å². The molecule has 6 nitrogen and oxygen atoms in total. The molecule has 3 aromatic heterocycles. The van der Waals surface area contributed by atoms with Crippen LogP contribution in [-0.2, 0) is 19.7 Å². The fourth-order valence-corrected chi connectivity index (χ4v) is 4.28. The molecular formula is C22H23N3O3S2. The Bertz CT molecular complexity index is 1050. The van der Waals surface area contributed by atoms with Gasteiger partial charge in [-0.3, -0.25) is 4.90 Å². The van der Waals surface area contributed by atoms with Crippen molar-refractivity contribution in [1.82, 2.24) is 15.1 Å². The molecule has 0 atom stereocenters. The molecule has 0 saturated heterocycles. The van der Waals surface area contributed by atoms with Gasteiger partial charge in [0.15, 0.2) is 11.5 Å². The minimum atomic E-state index is 0.540. The van der Waals surface area contributed by atoms with E-state index in [1.807, 2.05) is 41.1 Å². The number of ether oxygens (including phenoxy) is 2. The van der Waals surface area contributed by atoms with Crippen molar-refractivity contribution in [3.05, 3.63) is 69.6 Å². The van der Waals surface area contributed by atoms with Crippen LogP contribution < -0.4 is 9.47 Å². The Kier molecular flexibility index (Phi) is 6.78. The predicted octanol–water partition coefficient (Wildman–Crippen LogP) is 5.47. The summed E-state index contributed by atoms with van der Waals surface area (Å²) in [7, 11) is 1.67. The molecule has 1 aromatic carbocycles. The first-order chi connectivity index (χ1) is 14.7. The highest BCUT2D eigenvalue weighted by Gasteiger charge is 2.14. The van der Waals surface area contributed by atoms with Crippen molar-refractivity contribution >= 4 is 22.7 Å². The third-order valence-electron chi connectivity index (χ3n) is 4.59. The summed E-state index contributed by atoms with van der Waals surface area (Å²) in [4.78, 5) is 4.41. The Morgan fingerprint density at radius 2 is 1.87 bits per heavy atom. The molecule has 0 fully saturated rings. The zero-order valence-electron chi connectivity index (χ0n) is 16.9. The van der Waals surface area contributed by atoms with Crippen LogP contribution in [0.5, 0.6) is 11.5 Å². The summed E-state index contributed by atoms with van der Waals surface area (Å²) in [5, 5.41) is 12.4. The third-order valence-corrected chi connectivity index (χ3v) is 6.30. The number of hydrogen-bond donors (Lipinski definition) is 0. The lowest BCUT2D eigenvalue weighted by atomic mass is 10.2. The van der Waals surface area contributed by atoms with Gasteiger partial charge in [-0.05, 0) is 47.1 Å². The van der Waals surface area contributed by atoms with Crippen molar-refractivity contribution in [3.8, 4) is 22.3 Å². The molecule has 156 valence electrons. The summed E-state index contributed by atoms with van der Waals surface area (Å²) in [5.74, 6) is 2.67. The average Bonchev–Trinajstić information content (AvgIpc) is 3.54. The van der Waals surface area contributed by atoms with Gasteiger partial charge in [0.1, 0.15) is 6.61 Å². The Morgan fingerprint density at radius 1 is 1.00 bits per heavy atom. The van der Waals surface area contributed by atoms with E-state index in [0.29, 0.717) is 24.9 Å². The lowest BCUT2D eigenvalue weighted by molar-refractivity contribution is 0.242. The largest absolute Gasteiger partial charge is 0.493 e. The summed E-state index contributed by atoms with van der Waals surface area (Å²) in [6.45, 7) is 4.85. The van der Waals surface area contributed by atoms with Crippen molar-refractivity contribution in [2.75, 3.05) is 13.7 Å². The van der Waals surface area contributed by atoms with E-state index in [0.717, 1.165) is 35.0 Å². The predicted molar refractivity (Wildman–Crippen MR) is 119 cm³/mol. The Morgan fingerprint density at radius 3 is 2.60 bits per heavy atom. The number of rotatable bonds is 10. The molecule has 30 heavy (non-hydrogen) atoms. The van der Waals surface area contributed by atoms with Crippen molar-refractivity contribution in [2.45, 2.75) is 26.6 Å². The summed E-state index contributed by atoms with van der Waals surface area (Å²) in [6, 6.07) is 14.1. The molecule has 0 saturated carbocycles. The minimum Gasteiger partial charge on any atom is -0.493 e. The normalized spacial score (nSPS) is 11.2. The molecule has 4 aromatic rings. The summed E-state index contributed by atoms with van der Waals surface area (Å²) in [6.07, 6.45) is 0. The van der Waals surface area contributed by atoms with E-state index in [1.165, 1.54) is 4.88 Å². The maximum atomic E-state index is 5.93. The molecule has 4 rings (SSSR count). The lowest BCUT2D eigenvalue weighted by Crippen LogP contribution is -2.22. The van der Waals surface area contributed by atoms with Crippen LogP contribution in [0.2, 0.25) is 0 Å². The molecular weight excluding hydrogens is 418 g/mol. The van der Waals surface area contributed by atoms with E-state index in [-0.39, 0.29) is 0 Å². The van der Waals surface area contributed by atoms with Crippen LogP contribution in [0.15, 0.2) is 57.6 Å². The minimum absolute atomic E-state index is 0.540. The molecule has 0 aliphatic rings.